The first kappa shape index (κ1) is 13.7. The third-order valence-corrected chi connectivity index (χ3v) is 4.53. The number of aromatic nitrogens is 2. The summed E-state index contributed by atoms with van der Waals surface area (Å²) < 4.78 is 8.79. The summed E-state index contributed by atoms with van der Waals surface area (Å²) >= 11 is 3.16. The average Bonchev–Trinajstić information content (AvgIpc) is 2.83. The second-order valence-corrected chi connectivity index (χ2v) is 7.95. The summed E-state index contributed by atoms with van der Waals surface area (Å²) in [4.78, 5) is 1.36. The van der Waals surface area contributed by atoms with Crippen molar-refractivity contribution in [2.24, 2.45) is 0 Å². The molecule has 0 radical (unpaired) electrons. The van der Waals surface area contributed by atoms with Crippen molar-refractivity contribution in [1.29, 1.82) is 0 Å². The van der Waals surface area contributed by atoms with Crippen LogP contribution in [-0.2, 0) is 17.3 Å². The standard InChI is InChI=1S/C14H20N2S2/c1-13(2,3)12-6-11(18-16-12)7-14(4,5)10-8-15-17-9-10/h6,8-9H,7H2,1-5H3. The van der Waals surface area contributed by atoms with Crippen LogP contribution in [0.3, 0.4) is 0 Å². The predicted molar refractivity (Wildman–Crippen MR) is 79.7 cm³/mol. The topological polar surface area (TPSA) is 25.8 Å². The van der Waals surface area contributed by atoms with Gasteiger partial charge in [-0.25, -0.2) is 4.37 Å². The molecule has 2 aromatic heterocycles. The van der Waals surface area contributed by atoms with Gasteiger partial charge in [0.05, 0.1) is 5.69 Å². The zero-order valence-corrected chi connectivity index (χ0v) is 13.3. The van der Waals surface area contributed by atoms with E-state index in [4.69, 9.17) is 0 Å². The van der Waals surface area contributed by atoms with Gasteiger partial charge in [-0.15, -0.1) is 0 Å². The Labute approximate surface area is 117 Å². The van der Waals surface area contributed by atoms with Gasteiger partial charge in [-0.2, -0.15) is 4.37 Å². The van der Waals surface area contributed by atoms with E-state index in [0.717, 1.165) is 6.42 Å². The molecule has 0 saturated carbocycles. The SMILES string of the molecule is CC(C)(C)c1cc(CC(C)(C)c2cnsc2)sn1. The van der Waals surface area contributed by atoms with Crippen LogP contribution >= 0.6 is 23.1 Å². The van der Waals surface area contributed by atoms with Gasteiger partial charge in [0.2, 0.25) is 0 Å². The monoisotopic (exact) mass is 280 g/mol. The van der Waals surface area contributed by atoms with E-state index in [0.29, 0.717) is 0 Å². The molecule has 0 aliphatic carbocycles. The summed E-state index contributed by atoms with van der Waals surface area (Å²) in [5.41, 5.74) is 2.79. The summed E-state index contributed by atoms with van der Waals surface area (Å²) in [5.74, 6) is 0. The summed E-state index contributed by atoms with van der Waals surface area (Å²) in [5, 5.41) is 2.14. The van der Waals surface area contributed by atoms with E-state index in [-0.39, 0.29) is 10.8 Å². The molecule has 0 atom stereocenters. The van der Waals surface area contributed by atoms with Crippen molar-refractivity contribution >= 4 is 23.1 Å². The van der Waals surface area contributed by atoms with Crippen molar-refractivity contribution in [1.82, 2.24) is 8.75 Å². The lowest BCUT2D eigenvalue weighted by atomic mass is 9.82. The zero-order chi connectivity index (χ0) is 13.4. The average molecular weight is 280 g/mol. The fraction of sp³-hybridized carbons (Fsp3) is 0.571. The van der Waals surface area contributed by atoms with Crippen molar-refractivity contribution in [2.75, 3.05) is 0 Å². The van der Waals surface area contributed by atoms with Crippen LogP contribution in [0.5, 0.6) is 0 Å². The van der Waals surface area contributed by atoms with E-state index in [1.807, 2.05) is 6.20 Å². The normalized spacial score (nSPS) is 12.9. The maximum Gasteiger partial charge on any atom is 0.0598 e. The Morgan fingerprint density at radius 3 is 2.39 bits per heavy atom. The highest BCUT2D eigenvalue weighted by Crippen LogP contribution is 2.31. The first-order chi connectivity index (χ1) is 8.29. The van der Waals surface area contributed by atoms with E-state index >= 15 is 0 Å². The Morgan fingerprint density at radius 2 is 1.89 bits per heavy atom. The quantitative estimate of drug-likeness (QED) is 0.832. The minimum Gasteiger partial charge on any atom is -0.201 e. The van der Waals surface area contributed by atoms with Crippen LogP contribution in [-0.4, -0.2) is 8.75 Å². The van der Waals surface area contributed by atoms with E-state index in [2.05, 4.69) is 54.8 Å². The molecule has 0 saturated heterocycles. The number of nitrogens with zero attached hydrogens (tertiary/aromatic N) is 2. The lowest BCUT2D eigenvalue weighted by Gasteiger charge is -2.22. The van der Waals surface area contributed by atoms with Crippen molar-refractivity contribution in [3.63, 3.8) is 0 Å². The molecular weight excluding hydrogens is 260 g/mol. The van der Waals surface area contributed by atoms with Crippen LogP contribution in [0.1, 0.15) is 50.8 Å². The van der Waals surface area contributed by atoms with Gasteiger partial charge in [-0.05, 0) is 46.5 Å². The van der Waals surface area contributed by atoms with Crippen LogP contribution in [0, 0.1) is 0 Å². The molecule has 18 heavy (non-hydrogen) atoms. The largest absolute Gasteiger partial charge is 0.201 e. The van der Waals surface area contributed by atoms with Crippen molar-refractivity contribution in [3.05, 3.63) is 33.8 Å². The van der Waals surface area contributed by atoms with Crippen LogP contribution in [0.25, 0.3) is 0 Å². The lowest BCUT2D eigenvalue weighted by molar-refractivity contribution is 0.526. The van der Waals surface area contributed by atoms with Gasteiger partial charge < -0.3 is 0 Å². The van der Waals surface area contributed by atoms with Gasteiger partial charge in [-0.1, -0.05) is 34.6 Å². The van der Waals surface area contributed by atoms with E-state index in [1.165, 1.54) is 27.7 Å². The summed E-state index contributed by atoms with van der Waals surface area (Å²) in [6, 6.07) is 2.26. The molecule has 2 nitrogen and oxygen atoms in total. The maximum atomic E-state index is 4.58. The fourth-order valence-corrected chi connectivity index (χ4v) is 3.69. The van der Waals surface area contributed by atoms with Crippen molar-refractivity contribution in [2.45, 2.75) is 51.9 Å². The predicted octanol–water partition coefficient (Wildman–Crippen LogP) is 4.42. The van der Waals surface area contributed by atoms with E-state index in [9.17, 15) is 0 Å². The molecule has 0 aromatic carbocycles. The third-order valence-electron chi connectivity index (χ3n) is 3.16. The van der Waals surface area contributed by atoms with Gasteiger partial charge >= 0.3 is 0 Å². The van der Waals surface area contributed by atoms with E-state index < -0.39 is 0 Å². The second kappa shape index (κ2) is 4.74. The molecule has 98 valence electrons. The Bertz CT molecular complexity index is 504. The molecule has 0 aliphatic heterocycles. The zero-order valence-electron chi connectivity index (χ0n) is 11.7. The first-order valence-corrected chi connectivity index (χ1v) is 7.76. The molecule has 0 unspecified atom stereocenters. The van der Waals surface area contributed by atoms with Gasteiger partial charge in [0.1, 0.15) is 0 Å². The van der Waals surface area contributed by atoms with E-state index in [1.54, 1.807) is 11.5 Å². The summed E-state index contributed by atoms with van der Waals surface area (Å²) in [6.45, 7) is 11.2. The molecule has 0 spiro atoms. The Kier molecular flexibility index (Phi) is 3.60. The molecule has 4 heteroatoms. The van der Waals surface area contributed by atoms with Crippen LogP contribution in [0.4, 0.5) is 0 Å². The summed E-state index contributed by atoms with van der Waals surface area (Å²) in [7, 11) is 0. The molecule has 0 bridgehead atoms. The minimum absolute atomic E-state index is 0.134. The second-order valence-electron chi connectivity index (χ2n) is 6.40. The highest BCUT2D eigenvalue weighted by molar-refractivity contribution is 7.05. The van der Waals surface area contributed by atoms with Crippen LogP contribution in [0.2, 0.25) is 0 Å². The number of hydrogen-bond acceptors (Lipinski definition) is 4. The van der Waals surface area contributed by atoms with Crippen molar-refractivity contribution in [3.8, 4) is 0 Å². The van der Waals surface area contributed by atoms with Gasteiger partial charge in [0, 0.05) is 21.9 Å². The van der Waals surface area contributed by atoms with Gasteiger partial charge in [0.15, 0.2) is 0 Å². The minimum atomic E-state index is 0.134. The highest BCUT2D eigenvalue weighted by atomic mass is 32.1. The molecule has 0 N–H and O–H groups in total. The van der Waals surface area contributed by atoms with Gasteiger partial charge in [-0.3, -0.25) is 0 Å². The fourth-order valence-electron chi connectivity index (χ4n) is 1.83. The lowest BCUT2D eigenvalue weighted by Crippen LogP contribution is -2.19. The molecule has 2 aromatic rings. The molecule has 0 amide bonds. The maximum absolute atomic E-state index is 4.58. The molecule has 0 fully saturated rings. The molecule has 2 heterocycles. The van der Waals surface area contributed by atoms with Gasteiger partial charge in [0.25, 0.3) is 0 Å². The first-order valence-electron chi connectivity index (χ1n) is 6.15. The number of hydrogen-bond donors (Lipinski definition) is 0. The third kappa shape index (κ3) is 2.98. The molecule has 0 aliphatic rings. The van der Waals surface area contributed by atoms with Crippen LogP contribution in [0.15, 0.2) is 17.6 Å². The van der Waals surface area contributed by atoms with Crippen LogP contribution < -0.4 is 0 Å². The Balaban J connectivity index is 2.17. The highest BCUT2D eigenvalue weighted by Gasteiger charge is 2.25. The summed E-state index contributed by atoms with van der Waals surface area (Å²) in [6.07, 6.45) is 3.01. The Hall–Kier alpha value is -0.740. The number of rotatable bonds is 3. The van der Waals surface area contributed by atoms with Crippen molar-refractivity contribution < 1.29 is 0 Å². The Morgan fingerprint density at radius 1 is 1.17 bits per heavy atom. The molecule has 2 rings (SSSR count). The molecular formula is C14H20N2S2. The smallest absolute Gasteiger partial charge is 0.0598 e.